The molecule has 2 rings (SSSR count). The SMILES string of the molecule is COCCC1(N(C)C)CCN(C(=O)COc2ccc(F)cc2)CC1. The van der Waals surface area contributed by atoms with Crippen LogP contribution in [0.25, 0.3) is 0 Å². The van der Waals surface area contributed by atoms with Gasteiger partial charge in [0, 0.05) is 32.3 Å². The van der Waals surface area contributed by atoms with Gasteiger partial charge in [-0.2, -0.15) is 0 Å². The molecule has 0 saturated carbocycles. The van der Waals surface area contributed by atoms with Crippen molar-refractivity contribution in [3.63, 3.8) is 0 Å². The lowest BCUT2D eigenvalue weighted by molar-refractivity contribution is -0.136. The normalized spacial score (nSPS) is 17.1. The molecule has 0 atom stereocenters. The molecule has 1 aliphatic rings. The van der Waals surface area contributed by atoms with Crippen molar-refractivity contribution in [2.45, 2.75) is 24.8 Å². The number of benzene rings is 1. The first-order valence-corrected chi connectivity index (χ1v) is 8.29. The van der Waals surface area contributed by atoms with E-state index in [1.807, 2.05) is 4.90 Å². The molecule has 0 N–H and O–H groups in total. The zero-order valence-electron chi connectivity index (χ0n) is 14.8. The van der Waals surface area contributed by atoms with Crippen LogP contribution in [-0.4, -0.2) is 68.8 Å². The number of piperidine rings is 1. The average Bonchev–Trinajstić information content (AvgIpc) is 2.59. The Morgan fingerprint density at radius 1 is 1.25 bits per heavy atom. The maximum atomic E-state index is 12.9. The quantitative estimate of drug-likeness (QED) is 0.764. The average molecular weight is 338 g/mol. The monoisotopic (exact) mass is 338 g/mol. The van der Waals surface area contributed by atoms with E-state index in [0.29, 0.717) is 18.8 Å². The lowest BCUT2D eigenvalue weighted by atomic mass is 9.83. The molecule has 1 aliphatic heterocycles. The highest BCUT2D eigenvalue weighted by atomic mass is 19.1. The predicted molar refractivity (Wildman–Crippen MR) is 90.6 cm³/mol. The maximum Gasteiger partial charge on any atom is 0.260 e. The summed E-state index contributed by atoms with van der Waals surface area (Å²) in [6.45, 7) is 2.14. The molecule has 24 heavy (non-hydrogen) atoms. The van der Waals surface area contributed by atoms with E-state index in [0.717, 1.165) is 25.9 Å². The topological polar surface area (TPSA) is 42.0 Å². The molecule has 1 aromatic carbocycles. The largest absolute Gasteiger partial charge is 0.484 e. The third-order valence-corrected chi connectivity index (χ3v) is 4.94. The molecule has 1 fully saturated rings. The third kappa shape index (κ3) is 4.68. The first-order chi connectivity index (χ1) is 11.5. The van der Waals surface area contributed by atoms with Crippen LogP contribution in [0.2, 0.25) is 0 Å². The van der Waals surface area contributed by atoms with Crippen molar-refractivity contribution in [1.82, 2.24) is 9.80 Å². The number of carbonyl (C=O) groups is 1. The zero-order chi connectivity index (χ0) is 17.6. The molecule has 134 valence electrons. The van der Waals surface area contributed by atoms with Gasteiger partial charge in [-0.15, -0.1) is 0 Å². The van der Waals surface area contributed by atoms with Gasteiger partial charge in [-0.1, -0.05) is 0 Å². The highest BCUT2D eigenvalue weighted by Crippen LogP contribution is 2.30. The van der Waals surface area contributed by atoms with Crippen LogP contribution in [0.3, 0.4) is 0 Å². The summed E-state index contributed by atoms with van der Waals surface area (Å²) in [7, 11) is 5.89. The Morgan fingerprint density at radius 2 is 1.88 bits per heavy atom. The Kier molecular flexibility index (Phi) is 6.57. The molecule has 6 heteroatoms. The summed E-state index contributed by atoms with van der Waals surface area (Å²) in [5.41, 5.74) is 0.0879. The minimum Gasteiger partial charge on any atom is -0.484 e. The van der Waals surface area contributed by atoms with Gasteiger partial charge in [0.2, 0.25) is 0 Å². The summed E-state index contributed by atoms with van der Waals surface area (Å²) in [4.78, 5) is 16.4. The summed E-state index contributed by atoms with van der Waals surface area (Å²) >= 11 is 0. The van der Waals surface area contributed by atoms with E-state index < -0.39 is 0 Å². The van der Waals surface area contributed by atoms with E-state index in [-0.39, 0.29) is 23.9 Å². The van der Waals surface area contributed by atoms with Gasteiger partial charge in [0.25, 0.3) is 5.91 Å². The van der Waals surface area contributed by atoms with Gasteiger partial charge in [0.05, 0.1) is 0 Å². The van der Waals surface area contributed by atoms with Gasteiger partial charge < -0.3 is 19.3 Å². The second-order valence-corrected chi connectivity index (χ2v) is 6.48. The fraction of sp³-hybridized carbons (Fsp3) is 0.611. The minimum absolute atomic E-state index is 0.0152. The molecule has 1 aromatic rings. The predicted octanol–water partition coefficient (Wildman–Crippen LogP) is 2.16. The number of amides is 1. The molecule has 0 bridgehead atoms. The van der Waals surface area contributed by atoms with E-state index in [2.05, 4.69) is 19.0 Å². The molecular weight excluding hydrogens is 311 g/mol. The van der Waals surface area contributed by atoms with Gasteiger partial charge >= 0.3 is 0 Å². The lowest BCUT2D eigenvalue weighted by Crippen LogP contribution is -2.54. The van der Waals surface area contributed by atoms with Crippen LogP contribution < -0.4 is 4.74 Å². The highest BCUT2D eigenvalue weighted by molar-refractivity contribution is 5.77. The summed E-state index contributed by atoms with van der Waals surface area (Å²) in [5, 5.41) is 0. The first-order valence-electron chi connectivity index (χ1n) is 8.29. The second kappa shape index (κ2) is 8.44. The minimum atomic E-state index is -0.319. The molecule has 1 amide bonds. The summed E-state index contributed by atoms with van der Waals surface area (Å²) < 4.78 is 23.5. The fourth-order valence-electron chi connectivity index (χ4n) is 3.15. The molecule has 1 saturated heterocycles. The molecule has 0 unspecified atom stereocenters. The van der Waals surface area contributed by atoms with Crippen LogP contribution in [0.15, 0.2) is 24.3 Å². The Balaban J connectivity index is 1.84. The molecule has 0 spiro atoms. The Hall–Kier alpha value is -1.66. The standard InChI is InChI=1S/C18H27FN2O3/c1-20(2)18(10-13-23-3)8-11-21(12-9-18)17(22)14-24-16-6-4-15(19)5-7-16/h4-7H,8-14H2,1-3H3. The number of ether oxygens (including phenoxy) is 2. The van der Waals surface area contributed by atoms with Crippen LogP contribution in [-0.2, 0) is 9.53 Å². The van der Waals surface area contributed by atoms with Crippen molar-refractivity contribution in [2.75, 3.05) is 47.5 Å². The van der Waals surface area contributed by atoms with Crippen LogP contribution in [0.1, 0.15) is 19.3 Å². The third-order valence-electron chi connectivity index (χ3n) is 4.94. The summed E-state index contributed by atoms with van der Waals surface area (Å²) in [6.07, 6.45) is 2.81. The molecule has 1 heterocycles. The molecular formula is C18H27FN2O3. The van der Waals surface area contributed by atoms with Gasteiger partial charge in [0.15, 0.2) is 6.61 Å². The van der Waals surface area contributed by atoms with Crippen molar-refractivity contribution in [1.29, 1.82) is 0 Å². The number of carbonyl (C=O) groups excluding carboxylic acids is 1. The summed E-state index contributed by atoms with van der Waals surface area (Å²) in [5.74, 6) is 0.156. The van der Waals surface area contributed by atoms with E-state index >= 15 is 0 Å². The van der Waals surface area contributed by atoms with Crippen molar-refractivity contribution in [2.24, 2.45) is 0 Å². The number of hydrogen-bond donors (Lipinski definition) is 0. The number of rotatable bonds is 7. The molecule has 0 aliphatic carbocycles. The number of nitrogens with zero attached hydrogens (tertiary/aromatic N) is 2. The molecule has 0 aromatic heterocycles. The second-order valence-electron chi connectivity index (χ2n) is 6.48. The Labute approximate surface area is 143 Å². The zero-order valence-corrected chi connectivity index (χ0v) is 14.8. The van der Waals surface area contributed by atoms with Crippen molar-refractivity contribution in [3.05, 3.63) is 30.1 Å². The number of halogens is 1. The first kappa shape index (κ1) is 18.7. The van der Waals surface area contributed by atoms with Gasteiger partial charge in [-0.05, 0) is 57.6 Å². The van der Waals surface area contributed by atoms with Crippen molar-refractivity contribution < 1.29 is 18.7 Å². The van der Waals surface area contributed by atoms with Crippen LogP contribution in [0, 0.1) is 5.82 Å². The molecule has 5 nitrogen and oxygen atoms in total. The highest BCUT2D eigenvalue weighted by Gasteiger charge is 2.37. The van der Waals surface area contributed by atoms with Gasteiger partial charge in [-0.3, -0.25) is 4.79 Å². The smallest absolute Gasteiger partial charge is 0.260 e. The van der Waals surface area contributed by atoms with E-state index in [4.69, 9.17) is 9.47 Å². The van der Waals surface area contributed by atoms with Crippen molar-refractivity contribution in [3.8, 4) is 5.75 Å². The number of likely N-dealkylation sites (tertiary alicyclic amines) is 1. The van der Waals surface area contributed by atoms with Crippen molar-refractivity contribution >= 4 is 5.91 Å². The molecule has 0 radical (unpaired) electrons. The van der Waals surface area contributed by atoms with Crippen LogP contribution in [0.5, 0.6) is 5.75 Å². The van der Waals surface area contributed by atoms with Crippen LogP contribution in [0.4, 0.5) is 4.39 Å². The van der Waals surface area contributed by atoms with Gasteiger partial charge in [0.1, 0.15) is 11.6 Å². The number of methoxy groups -OCH3 is 1. The van der Waals surface area contributed by atoms with E-state index in [9.17, 15) is 9.18 Å². The van der Waals surface area contributed by atoms with Gasteiger partial charge in [-0.25, -0.2) is 4.39 Å². The lowest BCUT2D eigenvalue weighted by Gasteiger charge is -2.46. The van der Waals surface area contributed by atoms with Crippen LogP contribution >= 0.6 is 0 Å². The maximum absolute atomic E-state index is 12.9. The Morgan fingerprint density at radius 3 is 2.42 bits per heavy atom. The number of hydrogen-bond acceptors (Lipinski definition) is 4. The van der Waals surface area contributed by atoms with E-state index in [1.54, 1.807) is 7.11 Å². The van der Waals surface area contributed by atoms with E-state index in [1.165, 1.54) is 24.3 Å². The fourth-order valence-corrected chi connectivity index (χ4v) is 3.15. The Bertz CT molecular complexity index is 526. The summed E-state index contributed by atoms with van der Waals surface area (Å²) in [6, 6.07) is 5.70.